The third-order valence-electron chi connectivity index (χ3n) is 2.07. The lowest BCUT2D eigenvalue weighted by Crippen LogP contribution is -2.10. The van der Waals surface area contributed by atoms with E-state index in [1.54, 1.807) is 0 Å². The number of nitrogens with one attached hydrogen (secondary N) is 1. The van der Waals surface area contributed by atoms with E-state index < -0.39 is 5.97 Å². The third kappa shape index (κ3) is 2.41. The number of benzene rings is 1. The van der Waals surface area contributed by atoms with Gasteiger partial charge in [-0.05, 0) is 6.07 Å². The minimum Gasteiger partial charge on any atom is -0.507 e. The molecule has 0 amide bonds. The number of carbonyl (C=O) groups is 1. The molecule has 0 spiro atoms. The van der Waals surface area contributed by atoms with Crippen LogP contribution in [-0.2, 0) is 11.3 Å². The van der Waals surface area contributed by atoms with E-state index in [0.29, 0.717) is 11.3 Å². The molecule has 0 unspecified atom stereocenters. The summed E-state index contributed by atoms with van der Waals surface area (Å²) < 4.78 is 9.48. The van der Waals surface area contributed by atoms with E-state index in [4.69, 9.17) is 9.94 Å². The Hall–Kier alpha value is -1.79. The topological polar surface area (TPSA) is 88.0 Å². The first-order valence-electron chi connectivity index (χ1n) is 4.49. The SMILES string of the molecule is COC(=O)c1cc(CNO)c(OC)cc1O. The Balaban J connectivity index is 3.21. The zero-order valence-electron chi connectivity index (χ0n) is 8.98. The van der Waals surface area contributed by atoms with Gasteiger partial charge in [-0.2, -0.15) is 0 Å². The van der Waals surface area contributed by atoms with Crippen molar-refractivity contribution in [2.24, 2.45) is 0 Å². The molecule has 0 atom stereocenters. The fraction of sp³-hybridized carbons (Fsp3) is 0.300. The maximum Gasteiger partial charge on any atom is 0.341 e. The first-order chi connectivity index (χ1) is 7.63. The van der Waals surface area contributed by atoms with E-state index in [1.807, 2.05) is 5.48 Å². The van der Waals surface area contributed by atoms with Crippen LogP contribution in [0, 0.1) is 0 Å². The number of hydrogen-bond donors (Lipinski definition) is 3. The molecule has 0 bridgehead atoms. The highest BCUT2D eigenvalue weighted by Gasteiger charge is 2.15. The predicted molar refractivity (Wildman–Crippen MR) is 54.6 cm³/mol. The van der Waals surface area contributed by atoms with Gasteiger partial charge in [0.05, 0.1) is 14.2 Å². The van der Waals surface area contributed by atoms with Crippen molar-refractivity contribution in [3.05, 3.63) is 23.3 Å². The maximum absolute atomic E-state index is 11.3. The van der Waals surface area contributed by atoms with Crippen LogP contribution in [0.5, 0.6) is 11.5 Å². The van der Waals surface area contributed by atoms with Gasteiger partial charge in [-0.1, -0.05) is 0 Å². The molecule has 0 radical (unpaired) electrons. The van der Waals surface area contributed by atoms with Gasteiger partial charge in [0.25, 0.3) is 0 Å². The van der Waals surface area contributed by atoms with Crippen LogP contribution < -0.4 is 10.2 Å². The van der Waals surface area contributed by atoms with Gasteiger partial charge >= 0.3 is 5.97 Å². The molecule has 0 aliphatic heterocycles. The lowest BCUT2D eigenvalue weighted by molar-refractivity contribution is 0.0597. The summed E-state index contributed by atoms with van der Waals surface area (Å²) in [7, 11) is 2.64. The van der Waals surface area contributed by atoms with Gasteiger partial charge in [0.2, 0.25) is 0 Å². The summed E-state index contributed by atoms with van der Waals surface area (Å²) in [5, 5.41) is 18.2. The van der Waals surface area contributed by atoms with Crippen molar-refractivity contribution < 1.29 is 24.6 Å². The Labute approximate surface area is 92.4 Å². The molecule has 88 valence electrons. The quantitative estimate of drug-likeness (QED) is 0.517. The molecule has 1 aromatic rings. The van der Waals surface area contributed by atoms with E-state index >= 15 is 0 Å². The molecular formula is C10H13NO5. The molecule has 0 aliphatic carbocycles. The van der Waals surface area contributed by atoms with Crippen molar-refractivity contribution in [3.63, 3.8) is 0 Å². The first-order valence-corrected chi connectivity index (χ1v) is 4.49. The number of esters is 1. The number of carbonyl (C=O) groups excluding carboxylic acids is 1. The Kier molecular flexibility index (Phi) is 4.10. The molecule has 6 heteroatoms. The minimum absolute atomic E-state index is 0.0218. The molecule has 1 aromatic carbocycles. The second kappa shape index (κ2) is 5.34. The minimum atomic E-state index is -0.653. The number of aromatic hydroxyl groups is 1. The number of hydroxylamine groups is 1. The van der Waals surface area contributed by atoms with Crippen LogP contribution in [0.3, 0.4) is 0 Å². The molecule has 0 saturated heterocycles. The number of rotatable bonds is 4. The molecular weight excluding hydrogens is 214 g/mol. The fourth-order valence-corrected chi connectivity index (χ4v) is 1.30. The van der Waals surface area contributed by atoms with Crippen LogP contribution >= 0.6 is 0 Å². The lowest BCUT2D eigenvalue weighted by atomic mass is 10.1. The van der Waals surface area contributed by atoms with Gasteiger partial charge in [-0.15, -0.1) is 0 Å². The number of methoxy groups -OCH3 is 2. The number of ether oxygens (including phenoxy) is 2. The molecule has 3 N–H and O–H groups in total. The molecule has 0 heterocycles. The van der Waals surface area contributed by atoms with E-state index in [2.05, 4.69) is 4.74 Å². The number of phenolic OH excluding ortho intramolecular Hbond substituents is 1. The molecule has 0 aliphatic rings. The number of hydrogen-bond acceptors (Lipinski definition) is 6. The largest absolute Gasteiger partial charge is 0.507 e. The second-order valence-corrected chi connectivity index (χ2v) is 3.01. The average Bonchev–Trinajstić information content (AvgIpc) is 2.30. The van der Waals surface area contributed by atoms with Crippen LogP contribution in [0.4, 0.5) is 0 Å². The van der Waals surface area contributed by atoms with Gasteiger partial charge in [-0.25, -0.2) is 10.3 Å². The van der Waals surface area contributed by atoms with Crippen LogP contribution in [-0.4, -0.2) is 30.5 Å². The van der Waals surface area contributed by atoms with Crippen LogP contribution in [0.1, 0.15) is 15.9 Å². The van der Waals surface area contributed by atoms with Crippen LogP contribution in [0.2, 0.25) is 0 Å². The smallest absolute Gasteiger partial charge is 0.341 e. The summed E-state index contributed by atoms with van der Waals surface area (Å²) in [5.41, 5.74) is 2.50. The van der Waals surface area contributed by atoms with Gasteiger partial charge < -0.3 is 19.8 Å². The summed E-state index contributed by atoms with van der Waals surface area (Å²) >= 11 is 0. The Morgan fingerprint density at radius 2 is 2.12 bits per heavy atom. The highest BCUT2D eigenvalue weighted by Crippen LogP contribution is 2.28. The molecule has 0 saturated carbocycles. The highest BCUT2D eigenvalue weighted by molar-refractivity contribution is 5.92. The zero-order chi connectivity index (χ0) is 12.1. The van der Waals surface area contributed by atoms with E-state index in [1.165, 1.54) is 26.4 Å². The summed E-state index contributed by atoms with van der Waals surface area (Å²) in [6, 6.07) is 2.68. The highest BCUT2D eigenvalue weighted by atomic mass is 16.5. The Morgan fingerprint density at radius 3 is 2.62 bits per heavy atom. The van der Waals surface area contributed by atoms with E-state index in [0.717, 1.165) is 0 Å². The van der Waals surface area contributed by atoms with Crippen LogP contribution in [0.25, 0.3) is 0 Å². The molecule has 0 aromatic heterocycles. The van der Waals surface area contributed by atoms with Crippen molar-refractivity contribution in [1.29, 1.82) is 0 Å². The van der Waals surface area contributed by atoms with Crippen molar-refractivity contribution in [2.75, 3.05) is 14.2 Å². The molecule has 6 nitrogen and oxygen atoms in total. The number of phenols is 1. The van der Waals surface area contributed by atoms with Crippen molar-refractivity contribution in [2.45, 2.75) is 6.54 Å². The molecule has 0 fully saturated rings. The molecule has 1 rings (SSSR count). The van der Waals surface area contributed by atoms with Gasteiger partial charge in [-0.3, -0.25) is 0 Å². The molecule has 16 heavy (non-hydrogen) atoms. The van der Waals surface area contributed by atoms with Crippen LogP contribution in [0.15, 0.2) is 12.1 Å². The lowest BCUT2D eigenvalue weighted by Gasteiger charge is -2.10. The summed E-state index contributed by atoms with van der Waals surface area (Å²) in [6.07, 6.45) is 0. The summed E-state index contributed by atoms with van der Waals surface area (Å²) in [5.74, 6) is -0.517. The van der Waals surface area contributed by atoms with Crippen molar-refractivity contribution in [3.8, 4) is 11.5 Å². The van der Waals surface area contributed by atoms with Gasteiger partial charge in [0.1, 0.15) is 17.1 Å². The Bertz CT molecular complexity index is 391. The predicted octanol–water partition coefficient (Wildman–Crippen LogP) is 0.666. The first kappa shape index (κ1) is 12.3. The monoisotopic (exact) mass is 227 g/mol. The zero-order valence-corrected chi connectivity index (χ0v) is 8.98. The third-order valence-corrected chi connectivity index (χ3v) is 2.07. The average molecular weight is 227 g/mol. The van der Waals surface area contributed by atoms with E-state index in [-0.39, 0.29) is 17.9 Å². The second-order valence-electron chi connectivity index (χ2n) is 3.01. The normalized spacial score (nSPS) is 9.94. The standard InChI is InChI=1S/C10H13NO5/c1-15-9-4-8(12)7(10(13)16-2)3-6(9)5-11-14/h3-4,11-12,14H,5H2,1-2H3. The fourth-order valence-electron chi connectivity index (χ4n) is 1.30. The Morgan fingerprint density at radius 1 is 1.44 bits per heavy atom. The summed E-state index contributed by atoms with van der Waals surface area (Å²) in [4.78, 5) is 11.3. The van der Waals surface area contributed by atoms with Crippen molar-refractivity contribution in [1.82, 2.24) is 5.48 Å². The van der Waals surface area contributed by atoms with Gasteiger partial charge in [0, 0.05) is 18.2 Å². The summed E-state index contributed by atoms with van der Waals surface area (Å²) in [6.45, 7) is 0.0907. The maximum atomic E-state index is 11.3. The van der Waals surface area contributed by atoms with E-state index in [9.17, 15) is 9.90 Å². The van der Waals surface area contributed by atoms with Crippen molar-refractivity contribution >= 4 is 5.97 Å². The van der Waals surface area contributed by atoms with Gasteiger partial charge in [0.15, 0.2) is 0 Å².